The quantitative estimate of drug-likeness (QED) is 0.637. The molecule has 1 aliphatic heterocycles. The summed E-state index contributed by atoms with van der Waals surface area (Å²) in [6.07, 6.45) is 1.81. The Morgan fingerprint density at radius 2 is 2.31 bits per heavy atom. The molecule has 16 heavy (non-hydrogen) atoms. The predicted octanol–water partition coefficient (Wildman–Crippen LogP) is 2.53. The molecule has 1 aromatic carbocycles. The van der Waals surface area contributed by atoms with Gasteiger partial charge in [-0.05, 0) is 31.0 Å². The fourth-order valence-electron chi connectivity index (χ4n) is 1.90. The van der Waals surface area contributed by atoms with Gasteiger partial charge in [-0.25, -0.2) is 0 Å². The van der Waals surface area contributed by atoms with Gasteiger partial charge in [0.1, 0.15) is 0 Å². The number of ether oxygens (including phenoxy) is 1. The first-order valence-corrected chi connectivity index (χ1v) is 5.73. The number of carbonyl (C=O) groups is 1. The molecule has 0 amide bonds. The first-order chi connectivity index (χ1) is 7.68. The lowest BCUT2D eigenvalue weighted by Crippen LogP contribution is -2.25. The average molecular weight is 240 g/mol. The summed E-state index contributed by atoms with van der Waals surface area (Å²) < 4.78 is 5.30. The van der Waals surface area contributed by atoms with Gasteiger partial charge in [-0.15, -0.1) is 0 Å². The zero-order valence-electron chi connectivity index (χ0n) is 8.91. The maximum atomic E-state index is 12.1. The number of benzene rings is 1. The van der Waals surface area contributed by atoms with Crippen LogP contribution in [0.1, 0.15) is 23.2 Å². The summed E-state index contributed by atoms with van der Waals surface area (Å²) in [4.78, 5) is 12.1. The minimum Gasteiger partial charge on any atom is -0.399 e. The van der Waals surface area contributed by atoms with E-state index < -0.39 is 0 Å². The fourth-order valence-corrected chi connectivity index (χ4v) is 2.18. The van der Waals surface area contributed by atoms with Crippen molar-refractivity contribution in [1.82, 2.24) is 0 Å². The number of hydrogen-bond acceptors (Lipinski definition) is 3. The minimum absolute atomic E-state index is 0.0599. The van der Waals surface area contributed by atoms with Crippen LogP contribution >= 0.6 is 11.6 Å². The van der Waals surface area contributed by atoms with E-state index in [-0.39, 0.29) is 11.7 Å². The van der Waals surface area contributed by atoms with Crippen molar-refractivity contribution in [2.75, 3.05) is 18.9 Å². The Bertz CT molecular complexity index is 400. The lowest BCUT2D eigenvalue weighted by atomic mass is 9.92. The van der Waals surface area contributed by atoms with Gasteiger partial charge in [0, 0.05) is 23.8 Å². The van der Waals surface area contributed by atoms with E-state index in [1.807, 2.05) is 0 Å². The number of nitrogens with two attached hydrogens (primary N) is 1. The molecule has 1 fully saturated rings. The zero-order chi connectivity index (χ0) is 11.5. The number of ketones is 1. The molecule has 1 unspecified atom stereocenters. The lowest BCUT2D eigenvalue weighted by molar-refractivity contribution is 0.0461. The van der Waals surface area contributed by atoms with Crippen molar-refractivity contribution in [1.29, 1.82) is 0 Å². The maximum absolute atomic E-state index is 12.1. The number of anilines is 1. The summed E-state index contributed by atoms with van der Waals surface area (Å²) >= 11 is 6.00. The van der Waals surface area contributed by atoms with Crippen LogP contribution in [0.5, 0.6) is 0 Å². The van der Waals surface area contributed by atoms with E-state index in [0.29, 0.717) is 22.9 Å². The van der Waals surface area contributed by atoms with Crippen LogP contribution in [-0.2, 0) is 4.74 Å². The van der Waals surface area contributed by atoms with Crippen LogP contribution in [-0.4, -0.2) is 19.0 Å². The second kappa shape index (κ2) is 4.85. The van der Waals surface area contributed by atoms with Gasteiger partial charge >= 0.3 is 0 Å². The van der Waals surface area contributed by atoms with Gasteiger partial charge in [0.2, 0.25) is 0 Å². The molecule has 0 saturated carbocycles. The average Bonchev–Trinajstić information content (AvgIpc) is 2.29. The molecule has 1 saturated heterocycles. The molecule has 2 rings (SSSR count). The van der Waals surface area contributed by atoms with Crippen molar-refractivity contribution in [3.63, 3.8) is 0 Å². The number of Topliss-reactive ketones (excluding diaryl/α,β-unsaturated/α-hetero) is 1. The van der Waals surface area contributed by atoms with E-state index in [1.165, 1.54) is 0 Å². The van der Waals surface area contributed by atoms with Crippen LogP contribution in [0.3, 0.4) is 0 Å². The summed E-state index contributed by atoms with van der Waals surface area (Å²) in [5, 5.41) is 0.426. The molecule has 86 valence electrons. The van der Waals surface area contributed by atoms with Crippen molar-refractivity contribution in [2.24, 2.45) is 5.92 Å². The van der Waals surface area contributed by atoms with Gasteiger partial charge in [0.05, 0.1) is 11.6 Å². The molecular formula is C12H14ClNO2. The molecule has 3 nitrogen and oxygen atoms in total. The Labute approximate surface area is 99.5 Å². The van der Waals surface area contributed by atoms with Crippen molar-refractivity contribution < 1.29 is 9.53 Å². The Morgan fingerprint density at radius 3 is 2.94 bits per heavy atom. The molecule has 0 radical (unpaired) electrons. The molecule has 1 aliphatic rings. The van der Waals surface area contributed by atoms with Gasteiger partial charge in [0.25, 0.3) is 0 Å². The Balaban J connectivity index is 2.19. The van der Waals surface area contributed by atoms with Crippen LogP contribution in [0.4, 0.5) is 5.69 Å². The van der Waals surface area contributed by atoms with Gasteiger partial charge in [0.15, 0.2) is 5.78 Å². The molecule has 0 spiro atoms. The third kappa shape index (κ3) is 2.36. The summed E-state index contributed by atoms with van der Waals surface area (Å²) in [5.74, 6) is -0.000394. The van der Waals surface area contributed by atoms with Crippen molar-refractivity contribution >= 4 is 23.1 Å². The molecule has 1 atom stereocenters. The first kappa shape index (κ1) is 11.4. The molecular weight excluding hydrogens is 226 g/mol. The van der Waals surface area contributed by atoms with Gasteiger partial charge in [-0.2, -0.15) is 0 Å². The molecule has 4 heteroatoms. The van der Waals surface area contributed by atoms with E-state index in [1.54, 1.807) is 18.2 Å². The highest BCUT2D eigenvalue weighted by Crippen LogP contribution is 2.25. The zero-order valence-corrected chi connectivity index (χ0v) is 9.67. The lowest BCUT2D eigenvalue weighted by Gasteiger charge is -2.21. The van der Waals surface area contributed by atoms with Crippen LogP contribution in [0.25, 0.3) is 0 Å². The normalized spacial score (nSPS) is 20.7. The Kier molecular flexibility index (Phi) is 3.46. The van der Waals surface area contributed by atoms with Crippen molar-refractivity contribution in [3.05, 3.63) is 28.8 Å². The summed E-state index contributed by atoms with van der Waals surface area (Å²) in [6, 6.07) is 5.00. The Hall–Kier alpha value is -1.06. The van der Waals surface area contributed by atoms with Crippen molar-refractivity contribution in [3.8, 4) is 0 Å². The topological polar surface area (TPSA) is 52.3 Å². The number of nitrogen functional groups attached to an aromatic ring is 1. The Morgan fingerprint density at radius 1 is 1.50 bits per heavy atom. The summed E-state index contributed by atoms with van der Waals surface area (Å²) in [7, 11) is 0. The smallest absolute Gasteiger partial charge is 0.169 e. The molecule has 0 aromatic heterocycles. The molecule has 1 heterocycles. The SMILES string of the molecule is Nc1ccc(C(=O)C2CCCOC2)c(Cl)c1. The number of carbonyl (C=O) groups excluding carboxylic acids is 1. The minimum atomic E-state index is -0.0603. The van der Waals surface area contributed by atoms with Gasteiger partial charge < -0.3 is 10.5 Å². The van der Waals surface area contributed by atoms with Gasteiger partial charge in [-0.1, -0.05) is 11.6 Å². The summed E-state index contributed by atoms with van der Waals surface area (Å²) in [6.45, 7) is 1.25. The van der Waals surface area contributed by atoms with E-state index in [0.717, 1.165) is 19.4 Å². The van der Waals surface area contributed by atoms with Crippen LogP contribution in [0.15, 0.2) is 18.2 Å². The van der Waals surface area contributed by atoms with Crippen LogP contribution in [0.2, 0.25) is 5.02 Å². The highest BCUT2D eigenvalue weighted by Gasteiger charge is 2.24. The third-order valence-corrected chi connectivity index (χ3v) is 3.10. The van der Waals surface area contributed by atoms with Gasteiger partial charge in [-0.3, -0.25) is 4.79 Å². The highest BCUT2D eigenvalue weighted by atomic mass is 35.5. The van der Waals surface area contributed by atoms with Crippen molar-refractivity contribution in [2.45, 2.75) is 12.8 Å². The third-order valence-electron chi connectivity index (χ3n) is 2.79. The van der Waals surface area contributed by atoms with Crippen LogP contribution < -0.4 is 5.73 Å². The number of hydrogen-bond donors (Lipinski definition) is 1. The second-order valence-electron chi connectivity index (χ2n) is 4.02. The van der Waals surface area contributed by atoms with E-state index in [2.05, 4.69) is 0 Å². The highest BCUT2D eigenvalue weighted by molar-refractivity contribution is 6.34. The first-order valence-electron chi connectivity index (χ1n) is 5.35. The predicted molar refractivity (Wildman–Crippen MR) is 63.7 cm³/mol. The number of halogens is 1. The monoisotopic (exact) mass is 239 g/mol. The molecule has 2 N–H and O–H groups in total. The fraction of sp³-hybridized carbons (Fsp3) is 0.417. The molecule has 0 aliphatic carbocycles. The molecule has 0 bridgehead atoms. The summed E-state index contributed by atoms with van der Waals surface area (Å²) in [5.41, 5.74) is 6.70. The number of rotatable bonds is 2. The van der Waals surface area contributed by atoms with E-state index in [4.69, 9.17) is 22.1 Å². The second-order valence-corrected chi connectivity index (χ2v) is 4.42. The maximum Gasteiger partial charge on any atom is 0.169 e. The standard InChI is InChI=1S/C12H14ClNO2/c13-11-6-9(14)3-4-10(11)12(15)8-2-1-5-16-7-8/h3-4,6,8H,1-2,5,7,14H2. The van der Waals surface area contributed by atoms with E-state index in [9.17, 15) is 4.79 Å². The largest absolute Gasteiger partial charge is 0.399 e. The molecule has 1 aromatic rings. The van der Waals surface area contributed by atoms with E-state index >= 15 is 0 Å². The van der Waals surface area contributed by atoms with Crippen LogP contribution in [0, 0.1) is 5.92 Å².